The van der Waals surface area contributed by atoms with E-state index in [-0.39, 0.29) is 17.9 Å². The molecule has 1 aliphatic rings. The van der Waals surface area contributed by atoms with E-state index in [1.807, 2.05) is 0 Å². The van der Waals surface area contributed by atoms with Gasteiger partial charge in [0, 0.05) is 11.6 Å². The van der Waals surface area contributed by atoms with Crippen molar-refractivity contribution in [2.45, 2.75) is 25.3 Å². The van der Waals surface area contributed by atoms with Crippen LogP contribution >= 0.6 is 0 Å². The minimum Gasteiger partial charge on any atom is -0.497 e. The summed E-state index contributed by atoms with van der Waals surface area (Å²) in [4.78, 5) is 22.9. The van der Waals surface area contributed by atoms with E-state index in [1.165, 1.54) is 0 Å². The second-order valence-electron chi connectivity index (χ2n) is 4.75. The highest BCUT2D eigenvalue weighted by molar-refractivity contribution is 5.94. The first-order chi connectivity index (χ1) is 9.10. The van der Waals surface area contributed by atoms with Crippen LogP contribution in [0.2, 0.25) is 0 Å². The summed E-state index contributed by atoms with van der Waals surface area (Å²) >= 11 is 0. The molecule has 5 nitrogen and oxygen atoms in total. The fourth-order valence-electron chi connectivity index (χ4n) is 2.37. The average molecular weight is 263 g/mol. The summed E-state index contributed by atoms with van der Waals surface area (Å²) in [6, 6.07) is 6.84. The maximum absolute atomic E-state index is 12.0. The number of nitrogens with one attached hydrogen (secondary N) is 1. The molecule has 2 rings (SSSR count). The van der Waals surface area contributed by atoms with Gasteiger partial charge >= 0.3 is 5.97 Å². The van der Waals surface area contributed by atoms with E-state index in [2.05, 4.69) is 5.32 Å². The third kappa shape index (κ3) is 3.24. The van der Waals surface area contributed by atoms with Crippen LogP contribution in [0.4, 0.5) is 0 Å². The SMILES string of the molecule is COc1cccc(C(=O)N[C@H]2CC[C@@H](C(=O)O)C2)c1. The summed E-state index contributed by atoms with van der Waals surface area (Å²) in [7, 11) is 1.55. The van der Waals surface area contributed by atoms with Crippen LogP contribution in [0.25, 0.3) is 0 Å². The minimum absolute atomic E-state index is 0.0557. The van der Waals surface area contributed by atoms with Gasteiger partial charge < -0.3 is 15.2 Å². The monoisotopic (exact) mass is 263 g/mol. The van der Waals surface area contributed by atoms with E-state index in [9.17, 15) is 9.59 Å². The van der Waals surface area contributed by atoms with Gasteiger partial charge in [-0.05, 0) is 37.5 Å². The summed E-state index contributed by atoms with van der Waals surface area (Å²) in [5.41, 5.74) is 0.526. The lowest BCUT2D eigenvalue weighted by Gasteiger charge is -2.12. The predicted octanol–water partition coefficient (Wildman–Crippen LogP) is 1.68. The molecule has 102 valence electrons. The van der Waals surface area contributed by atoms with Crippen LogP contribution in [0.3, 0.4) is 0 Å². The molecule has 0 spiro atoms. The van der Waals surface area contributed by atoms with Gasteiger partial charge in [-0.15, -0.1) is 0 Å². The van der Waals surface area contributed by atoms with E-state index < -0.39 is 5.97 Å². The second-order valence-corrected chi connectivity index (χ2v) is 4.75. The molecule has 19 heavy (non-hydrogen) atoms. The quantitative estimate of drug-likeness (QED) is 0.866. The first kappa shape index (κ1) is 13.4. The zero-order valence-corrected chi connectivity index (χ0v) is 10.8. The van der Waals surface area contributed by atoms with Gasteiger partial charge in [0.1, 0.15) is 5.75 Å². The third-order valence-corrected chi connectivity index (χ3v) is 3.45. The van der Waals surface area contributed by atoms with Gasteiger partial charge in [-0.3, -0.25) is 9.59 Å². The highest BCUT2D eigenvalue weighted by atomic mass is 16.5. The molecule has 0 aromatic heterocycles. The molecular weight excluding hydrogens is 246 g/mol. The molecule has 2 atom stereocenters. The Labute approximate surface area is 111 Å². The highest BCUT2D eigenvalue weighted by Crippen LogP contribution is 2.26. The van der Waals surface area contributed by atoms with Gasteiger partial charge in [0.2, 0.25) is 0 Å². The second kappa shape index (κ2) is 5.73. The van der Waals surface area contributed by atoms with Crippen molar-refractivity contribution in [3.8, 4) is 5.75 Å². The number of hydrogen-bond donors (Lipinski definition) is 2. The van der Waals surface area contributed by atoms with E-state index in [0.717, 1.165) is 0 Å². The van der Waals surface area contributed by atoms with Crippen LogP contribution in [0.15, 0.2) is 24.3 Å². The maximum Gasteiger partial charge on any atom is 0.306 e. The summed E-state index contributed by atoms with van der Waals surface area (Å²) in [5.74, 6) is -0.675. The summed E-state index contributed by atoms with van der Waals surface area (Å²) < 4.78 is 5.07. The molecule has 0 saturated heterocycles. The van der Waals surface area contributed by atoms with Crippen LogP contribution in [0.5, 0.6) is 5.75 Å². The van der Waals surface area contributed by atoms with Crippen LogP contribution in [0.1, 0.15) is 29.6 Å². The predicted molar refractivity (Wildman–Crippen MR) is 69.2 cm³/mol. The Morgan fingerprint density at radius 1 is 1.37 bits per heavy atom. The summed E-state index contributed by atoms with van der Waals surface area (Å²) in [6.07, 6.45) is 1.84. The number of hydrogen-bond acceptors (Lipinski definition) is 3. The van der Waals surface area contributed by atoms with E-state index in [0.29, 0.717) is 30.6 Å². The lowest BCUT2D eigenvalue weighted by atomic mass is 10.1. The minimum atomic E-state index is -0.780. The van der Waals surface area contributed by atoms with Crippen LogP contribution < -0.4 is 10.1 Å². The molecule has 1 aliphatic carbocycles. The summed E-state index contributed by atoms with van der Waals surface area (Å²) in [6.45, 7) is 0. The molecule has 5 heteroatoms. The molecule has 1 aromatic rings. The standard InChI is InChI=1S/C14H17NO4/c1-19-12-4-2-3-9(8-12)13(16)15-11-6-5-10(7-11)14(17)18/h2-4,8,10-11H,5-7H2,1H3,(H,15,16)(H,17,18)/t10-,11+/m1/s1. The number of benzene rings is 1. The van der Waals surface area contributed by atoms with Crippen LogP contribution in [0, 0.1) is 5.92 Å². The number of methoxy groups -OCH3 is 1. The third-order valence-electron chi connectivity index (χ3n) is 3.45. The largest absolute Gasteiger partial charge is 0.497 e. The Morgan fingerprint density at radius 3 is 2.79 bits per heavy atom. The number of amides is 1. The van der Waals surface area contributed by atoms with Gasteiger partial charge in [-0.1, -0.05) is 6.07 Å². The fourth-order valence-corrected chi connectivity index (χ4v) is 2.37. The van der Waals surface area contributed by atoms with Gasteiger partial charge in [0.05, 0.1) is 13.0 Å². The van der Waals surface area contributed by atoms with Crippen LogP contribution in [-0.4, -0.2) is 30.1 Å². The molecule has 0 bridgehead atoms. The van der Waals surface area contributed by atoms with Crippen molar-refractivity contribution < 1.29 is 19.4 Å². The van der Waals surface area contributed by atoms with Gasteiger partial charge in [-0.2, -0.15) is 0 Å². The normalized spacial score (nSPS) is 21.9. The van der Waals surface area contributed by atoms with Crippen molar-refractivity contribution in [2.24, 2.45) is 5.92 Å². The first-order valence-electron chi connectivity index (χ1n) is 6.28. The topological polar surface area (TPSA) is 75.6 Å². The molecule has 1 amide bonds. The fraction of sp³-hybridized carbons (Fsp3) is 0.429. The van der Waals surface area contributed by atoms with Crippen molar-refractivity contribution in [1.82, 2.24) is 5.32 Å². The number of rotatable bonds is 4. The lowest BCUT2D eigenvalue weighted by molar-refractivity contribution is -0.141. The molecule has 0 aliphatic heterocycles. The van der Waals surface area contributed by atoms with Crippen molar-refractivity contribution in [2.75, 3.05) is 7.11 Å². The molecule has 1 saturated carbocycles. The number of ether oxygens (including phenoxy) is 1. The van der Waals surface area contributed by atoms with Crippen molar-refractivity contribution in [3.63, 3.8) is 0 Å². The molecule has 1 fully saturated rings. The van der Waals surface area contributed by atoms with E-state index in [1.54, 1.807) is 31.4 Å². The first-order valence-corrected chi connectivity index (χ1v) is 6.28. The Morgan fingerprint density at radius 2 is 2.16 bits per heavy atom. The number of carbonyl (C=O) groups excluding carboxylic acids is 1. The number of carboxylic acids is 1. The van der Waals surface area contributed by atoms with E-state index in [4.69, 9.17) is 9.84 Å². The average Bonchev–Trinajstić information content (AvgIpc) is 2.87. The van der Waals surface area contributed by atoms with E-state index >= 15 is 0 Å². The lowest BCUT2D eigenvalue weighted by Crippen LogP contribution is -2.33. The zero-order valence-electron chi connectivity index (χ0n) is 10.8. The van der Waals surface area contributed by atoms with Gasteiger partial charge in [0.25, 0.3) is 5.91 Å². The Kier molecular flexibility index (Phi) is 4.04. The molecule has 0 unspecified atom stereocenters. The number of aliphatic carboxylic acids is 1. The molecular formula is C14H17NO4. The Hall–Kier alpha value is -2.04. The molecule has 0 radical (unpaired) electrons. The van der Waals surface area contributed by atoms with Crippen molar-refractivity contribution >= 4 is 11.9 Å². The number of carboxylic acid groups (broad SMARTS) is 1. The molecule has 2 N–H and O–H groups in total. The number of carbonyl (C=O) groups is 2. The van der Waals surface area contributed by atoms with Gasteiger partial charge in [-0.25, -0.2) is 0 Å². The molecule has 0 heterocycles. The van der Waals surface area contributed by atoms with Gasteiger partial charge in [0.15, 0.2) is 0 Å². The van der Waals surface area contributed by atoms with Crippen molar-refractivity contribution in [1.29, 1.82) is 0 Å². The Bertz CT molecular complexity index is 486. The maximum atomic E-state index is 12.0. The zero-order chi connectivity index (χ0) is 13.8. The van der Waals surface area contributed by atoms with Crippen molar-refractivity contribution in [3.05, 3.63) is 29.8 Å². The summed E-state index contributed by atoms with van der Waals surface area (Å²) in [5, 5.41) is 11.8. The smallest absolute Gasteiger partial charge is 0.306 e. The molecule has 1 aromatic carbocycles. The highest BCUT2D eigenvalue weighted by Gasteiger charge is 2.30. The Balaban J connectivity index is 1.96. The van der Waals surface area contributed by atoms with Crippen LogP contribution in [-0.2, 0) is 4.79 Å².